The maximum atomic E-state index is 14.4. The van der Waals surface area contributed by atoms with Crippen molar-refractivity contribution in [3.8, 4) is 5.75 Å². The lowest BCUT2D eigenvalue weighted by atomic mass is 9.73. The van der Waals surface area contributed by atoms with Crippen LogP contribution in [0.3, 0.4) is 0 Å². The van der Waals surface area contributed by atoms with Crippen molar-refractivity contribution in [3.63, 3.8) is 0 Å². The lowest BCUT2D eigenvalue weighted by Gasteiger charge is -2.41. The van der Waals surface area contributed by atoms with E-state index < -0.39 is 29.6 Å². The van der Waals surface area contributed by atoms with Crippen molar-refractivity contribution in [2.75, 3.05) is 12.4 Å². The van der Waals surface area contributed by atoms with Crippen molar-refractivity contribution < 1.29 is 23.9 Å². The molecule has 4 fully saturated rings. The molecule has 2 N–H and O–H groups in total. The average Bonchev–Trinajstić information content (AvgIpc) is 3.59. The van der Waals surface area contributed by atoms with Crippen molar-refractivity contribution >= 4 is 23.4 Å². The van der Waals surface area contributed by atoms with E-state index in [-0.39, 0.29) is 29.8 Å². The van der Waals surface area contributed by atoms with Gasteiger partial charge >= 0.3 is 0 Å². The summed E-state index contributed by atoms with van der Waals surface area (Å²) >= 11 is 0. The van der Waals surface area contributed by atoms with Gasteiger partial charge in [-0.2, -0.15) is 0 Å². The first-order chi connectivity index (χ1) is 19.2. The molecule has 1 spiro atoms. The number of methoxy groups -OCH3 is 1. The van der Waals surface area contributed by atoms with Gasteiger partial charge in [0, 0.05) is 17.8 Å². The van der Waals surface area contributed by atoms with Crippen molar-refractivity contribution in [2.24, 2.45) is 29.6 Å². The van der Waals surface area contributed by atoms with E-state index in [1.54, 1.807) is 31.4 Å². The van der Waals surface area contributed by atoms with E-state index in [0.717, 1.165) is 38.5 Å². The van der Waals surface area contributed by atoms with Crippen LogP contribution in [-0.2, 0) is 19.1 Å². The lowest BCUT2D eigenvalue weighted by molar-refractivity contribution is -0.145. The zero-order chi connectivity index (χ0) is 28.2. The smallest absolute Gasteiger partial charge is 0.246 e. The highest BCUT2D eigenvalue weighted by atomic mass is 16.5. The first-order valence-corrected chi connectivity index (χ1v) is 15.2. The Balaban J connectivity index is 1.30. The molecule has 2 bridgehead atoms. The Kier molecular flexibility index (Phi) is 7.18. The van der Waals surface area contributed by atoms with Crippen molar-refractivity contribution in [3.05, 3.63) is 36.4 Å². The molecule has 2 saturated carbocycles. The number of ether oxygens (including phenoxy) is 2. The Morgan fingerprint density at radius 3 is 2.42 bits per heavy atom. The molecule has 1 aromatic rings. The average molecular weight is 550 g/mol. The Morgan fingerprint density at radius 1 is 1.00 bits per heavy atom. The fourth-order valence-corrected chi connectivity index (χ4v) is 8.07. The fraction of sp³-hybridized carbons (Fsp3) is 0.656. The van der Waals surface area contributed by atoms with Gasteiger partial charge in [0.05, 0.1) is 25.0 Å². The summed E-state index contributed by atoms with van der Waals surface area (Å²) < 4.78 is 11.8. The fourth-order valence-electron chi connectivity index (χ4n) is 8.07. The molecular formula is C32H43N3O5. The molecule has 40 heavy (non-hydrogen) atoms. The van der Waals surface area contributed by atoms with Gasteiger partial charge in [-0.05, 0) is 74.1 Å². The van der Waals surface area contributed by atoms with E-state index in [1.807, 2.05) is 17.1 Å². The predicted molar refractivity (Wildman–Crippen MR) is 152 cm³/mol. The van der Waals surface area contributed by atoms with Crippen LogP contribution in [0.4, 0.5) is 5.69 Å². The highest BCUT2D eigenvalue weighted by Crippen LogP contribution is 2.56. The summed E-state index contributed by atoms with van der Waals surface area (Å²) in [6.07, 6.45) is 10.3. The van der Waals surface area contributed by atoms with Crippen LogP contribution in [0.25, 0.3) is 0 Å². The molecule has 6 rings (SSSR count). The largest absolute Gasteiger partial charge is 0.497 e. The monoisotopic (exact) mass is 549 g/mol. The van der Waals surface area contributed by atoms with Gasteiger partial charge in [-0.15, -0.1) is 0 Å². The third-order valence-corrected chi connectivity index (χ3v) is 10.6. The molecule has 3 amide bonds. The quantitative estimate of drug-likeness (QED) is 0.516. The van der Waals surface area contributed by atoms with E-state index in [4.69, 9.17) is 9.47 Å². The zero-order valence-electron chi connectivity index (χ0n) is 24.1. The molecule has 0 radical (unpaired) electrons. The van der Waals surface area contributed by atoms with E-state index in [0.29, 0.717) is 29.2 Å². The predicted octanol–water partition coefficient (Wildman–Crippen LogP) is 4.30. The minimum absolute atomic E-state index is 0.0246. The summed E-state index contributed by atoms with van der Waals surface area (Å²) in [6, 6.07) is 6.42. The highest BCUT2D eigenvalue weighted by molar-refractivity contribution is 6.03. The molecule has 8 atom stereocenters. The number of nitrogens with zero attached hydrogens (tertiary/aromatic N) is 1. The number of benzene rings is 1. The number of likely N-dealkylation sites (tertiary alicyclic amines) is 1. The number of carbonyl (C=O) groups is 3. The lowest BCUT2D eigenvalue weighted by Crippen LogP contribution is -2.59. The van der Waals surface area contributed by atoms with E-state index in [9.17, 15) is 14.4 Å². The number of amides is 3. The van der Waals surface area contributed by atoms with Crippen LogP contribution in [0.5, 0.6) is 5.75 Å². The van der Waals surface area contributed by atoms with Crippen LogP contribution in [0, 0.1) is 29.6 Å². The maximum Gasteiger partial charge on any atom is 0.246 e. The van der Waals surface area contributed by atoms with Crippen LogP contribution in [0.15, 0.2) is 36.4 Å². The number of fused-ring (bicyclic) bond motifs is 1. The van der Waals surface area contributed by atoms with Gasteiger partial charge in [0.15, 0.2) is 0 Å². The minimum atomic E-state index is -1.12. The summed E-state index contributed by atoms with van der Waals surface area (Å²) in [7, 11) is 1.60. The van der Waals surface area contributed by atoms with Gasteiger partial charge in [-0.3, -0.25) is 14.4 Å². The van der Waals surface area contributed by atoms with Crippen LogP contribution in [0.1, 0.15) is 65.7 Å². The van der Waals surface area contributed by atoms with Crippen LogP contribution in [0.2, 0.25) is 0 Å². The van der Waals surface area contributed by atoms with Crippen LogP contribution in [-0.4, -0.2) is 59.6 Å². The second-order valence-electron chi connectivity index (χ2n) is 13.0. The minimum Gasteiger partial charge on any atom is -0.497 e. The van der Waals surface area contributed by atoms with E-state index in [1.165, 1.54) is 6.42 Å². The third kappa shape index (κ3) is 4.43. The van der Waals surface area contributed by atoms with Crippen molar-refractivity contribution in [2.45, 2.75) is 95.5 Å². The van der Waals surface area contributed by atoms with Gasteiger partial charge in [0.1, 0.15) is 17.4 Å². The summed E-state index contributed by atoms with van der Waals surface area (Å²) in [4.78, 5) is 44.2. The molecule has 3 heterocycles. The number of anilines is 1. The molecule has 1 aromatic carbocycles. The molecule has 2 saturated heterocycles. The number of hydrogen-bond acceptors (Lipinski definition) is 5. The standard InChI is InChI=1S/C32H43N3O5/c1-18-8-12-22(13-9-18)35-28(30(37)34-24-7-5-6-19(2)20(24)3)32-17-16-25(40-32)26(27(32)31(35)38)29(36)33-21-10-14-23(39-4)15-11-21/h10-11,14-20,22,24-28H,5-9,12-13H2,1-4H3,(H,33,36)(H,34,37)/t18?,19-,20-,22?,24+,25-,26+,27-,28-,32-/m0/s1. The van der Waals surface area contributed by atoms with Crippen molar-refractivity contribution in [1.82, 2.24) is 10.2 Å². The molecule has 2 aliphatic carbocycles. The molecule has 216 valence electrons. The van der Waals surface area contributed by atoms with Gasteiger partial charge in [0.2, 0.25) is 17.7 Å². The summed E-state index contributed by atoms with van der Waals surface area (Å²) in [5, 5.41) is 6.36. The molecular weight excluding hydrogens is 506 g/mol. The zero-order valence-corrected chi connectivity index (χ0v) is 24.1. The topological polar surface area (TPSA) is 97.0 Å². The SMILES string of the molecule is COc1ccc(NC(=O)[C@@H]2[C@@H]3C=C[C@]4(O3)[C@@H]2C(=O)N(C2CCC(C)CC2)[C@H]4C(=O)N[C@@H]2CCC[C@H](C)[C@@H]2C)cc1. The van der Waals surface area contributed by atoms with Gasteiger partial charge < -0.3 is 25.0 Å². The molecule has 3 aliphatic heterocycles. The number of hydrogen-bond donors (Lipinski definition) is 2. The molecule has 0 unspecified atom stereocenters. The van der Waals surface area contributed by atoms with E-state index in [2.05, 4.69) is 31.4 Å². The Bertz CT molecular complexity index is 1180. The summed E-state index contributed by atoms with van der Waals surface area (Å²) in [5.74, 6) is 0.276. The maximum absolute atomic E-state index is 14.4. The first kappa shape index (κ1) is 27.3. The van der Waals surface area contributed by atoms with Gasteiger partial charge in [0.25, 0.3) is 0 Å². The Hall–Kier alpha value is -2.87. The molecule has 5 aliphatic rings. The highest BCUT2D eigenvalue weighted by Gasteiger charge is 2.73. The molecule has 8 nitrogen and oxygen atoms in total. The number of nitrogens with one attached hydrogen (secondary N) is 2. The molecule has 0 aromatic heterocycles. The Labute approximate surface area is 237 Å². The van der Waals surface area contributed by atoms with Gasteiger partial charge in [-0.1, -0.05) is 45.8 Å². The second-order valence-corrected chi connectivity index (χ2v) is 13.0. The van der Waals surface area contributed by atoms with E-state index >= 15 is 0 Å². The third-order valence-electron chi connectivity index (χ3n) is 10.6. The number of rotatable bonds is 6. The van der Waals surface area contributed by atoms with Crippen LogP contribution >= 0.6 is 0 Å². The number of carbonyl (C=O) groups excluding carboxylic acids is 3. The molecule has 8 heteroatoms. The first-order valence-electron chi connectivity index (χ1n) is 15.2. The normalized spacial score (nSPS) is 40.1. The van der Waals surface area contributed by atoms with Crippen molar-refractivity contribution in [1.29, 1.82) is 0 Å². The Morgan fingerprint density at radius 2 is 1.73 bits per heavy atom. The summed E-state index contributed by atoms with van der Waals surface area (Å²) in [5.41, 5.74) is -0.495. The summed E-state index contributed by atoms with van der Waals surface area (Å²) in [6.45, 7) is 6.72. The second kappa shape index (κ2) is 10.5. The van der Waals surface area contributed by atoms with Gasteiger partial charge in [-0.25, -0.2) is 0 Å². The van der Waals surface area contributed by atoms with Crippen LogP contribution < -0.4 is 15.4 Å².